The molecule has 0 aliphatic heterocycles. The van der Waals surface area contributed by atoms with Crippen LogP contribution in [0.5, 0.6) is 0 Å². The fourth-order valence-corrected chi connectivity index (χ4v) is 7.26. The minimum Gasteiger partial charge on any atom is -0.547 e. The van der Waals surface area contributed by atoms with Crippen LogP contribution in [-0.4, -0.2) is 82.0 Å². The molecule has 0 heterocycles. The Balaban J connectivity index is 0.000000314. The smallest absolute Gasteiger partial charge is 0.547 e. The van der Waals surface area contributed by atoms with Crippen LogP contribution in [0.25, 0.3) is 0 Å². The van der Waals surface area contributed by atoms with Crippen molar-refractivity contribution in [1.29, 1.82) is 0 Å². The number of carboxylic acid groups (broad SMARTS) is 1. The topological polar surface area (TPSA) is 141 Å². The summed E-state index contributed by atoms with van der Waals surface area (Å²) >= 11 is 44.5. The zero-order chi connectivity index (χ0) is 23.4. The maximum atomic E-state index is 9.98. The summed E-state index contributed by atoms with van der Waals surface area (Å²) in [5.74, 6) is -2.45. The van der Waals surface area contributed by atoms with Gasteiger partial charge >= 0.3 is 29.6 Å². The number of hydrogen-bond acceptors (Lipinski definition) is 7. The van der Waals surface area contributed by atoms with Crippen LogP contribution in [0.15, 0.2) is 22.2 Å². The first-order valence-electron chi connectivity index (χ1n) is 8.30. The molecule has 0 saturated heterocycles. The molecular weight excluding hydrogens is 575 g/mol. The third-order valence-electron chi connectivity index (χ3n) is 5.39. The van der Waals surface area contributed by atoms with E-state index in [2.05, 4.69) is 0 Å². The molecule has 3 aliphatic rings. The summed E-state index contributed by atoms with van der Waals surface area (Å²) in [6.07, 6.45) is -4.39. The molecule has 0 aromatic carbocycles. The van der Waals surface area contributed by atoms with Crippen LogP contribution in [0, 0.1) is 11.8 Å². The maximum absolute atomic E-state index is 9.98. The Morgan fingerprint density at radius 3 is 1.94 bits per heavy atom. The molecule has 3 rings (SSSR count). The molecule has 5 unspecified atom stereocenters. The van der Waals surface area contributed by atoms with Crippen molar-refractivity contribution in [2.24, 2.45) is 11.8 Å². The molecule has 0 spiro atoms. The van der Waals surface area contributed by atoms with E-state index in [1.54, 1.807) is 0 Å². The number of allylic oxidation sites excluding steroid dienone is 4. The third-order valence-corrected chi connectivity index (χ3v) is 10.1. The Morgan fingerprint density at radius 2 is 1.48 bits per heavy atom. The van der Waals surface area contributed by atoms with Crippen LogP contribution in [0.2, 0.25) is 0 Å². The largest absolute Gasteiger partial charge is 1.00 e. The fraction of sp³-hybridized carbons (Fsp3) is 0.688. The van der Waals surface area contributed by atoms with E-state index < -0.39 is 51.1 Å². The van der Waals surface area contributed by atoms with Gasteiger partial charge in [0.1, 0.15) is 34.2 Å². The summed E-state index contributed by atoms with van der Waals surface area (Å²) in [5.41, 5.74) is 0. The van der Waals surface area contributed by atoms with Gasteiger partial charge in [0.15, 0.2) is 4.33 Å². The number of carbonyl (C=O) groups excluding carboxylic acids is 1. The van der Waals surface area contributed by atoms with Crippen molar-refractivity contribution in [3.8, 4) is 0 Å². The number of aliphatic carboxylic acids is 1. The molecule has 9 atom stereocenters. The average Bonchev–Trinajstić information content (AvgIpc) is 3.18. The van der Waals surface area contributed by atoms with Crippen molar-refractivity contribution in [2.45, 2.75) is 43.9 Å². The van der Waals surface area contributed by atoms with E-state index >= 15 is 0 Å². The Bertz CT molecular complexity index is 769. The molecule has 0 amide bonds. The normalized spacial score (nSPS) is 38.5. The van der Waals surface area contributed by atoms with Gasteiger partial charge in [-0.15, -0.1) is 34.8 Å². The van der Waals surface area contributed by atoms with E-state index in [-0.39, 0.29) is 56.8 Å². The first kappa shape index (κ1) is 30.8. The van der Waals surface area contributed by atoms with Gasteiger partial charge in [0.05, 0.1) is 28.0 Å². The number of carbonyl (C=O) groups is 1. The maximum Gasteiger partial charge on any atom is 1.00 e. The van der Waals surface area contributed by atoms with Crippen molar-refractivity contribution in [3.63, 3.8) is 0 Å². The van der Waals surface area contributed by atoms with Gasteiger partial charge in [0.2, 0.25) is 0 Å². The van der Waals surface area contributed by atoms with E-state index in [9.17, 15) is 9.90 Å². The second-order valence-electron chi connectivity index (χ2n) is 7.00. The van der Waals surface area contributed by atoms with E-state index in [0.717, 1.165) is 0 Å². The quantitative estimate of drug-likeness (QED) is 0.134. The first-order valence-corrected chi connectivity index (χ1v) is 11.0. The summed E-state index contributed by atoms with van der Waals surface area (Å²) in [4.78, 5) is 7.53. The summed E-state index contributed by atoms with van der Waals surface area (Å²) in [5, 5.41) is 53.6. The zero-order valence-electron chi connectivity index (χ0n) is 15.6. The summed E-state index contributed by atoms with van der Waals surface area (Å²) in [6.45, 7) is -0.863. The van der Waals surface area contributed by atoms with E-state index in [1.165, 1.54) is 0 Å². The number of alkyl halides is 5. The number of hydrogen-bond donors (Lipinski definition) is 5. The van der Waals surface area contributed by atoms with E-state index in [4.69, 9.17) is 107 Å². The van der Waals surface area contributed by atoms with E-state index in [1.807, 2.05) is 12.2 Å². The Kier molecular flexibility index (Phi) is 10.7. The average molecular weight is 591 g/mol. The van der Waals surface area contributed by atoms with Crippen LogP contribution >= 0.6 is 81.2 Å². The molecule has 31 heavy (non-hydrogen) atoms. The number of fused-ring (bicyclic) bond motifs is 5. The van der Waals surface area contributed by atoms with Gasteiger partial charge in [-0.1, -0.05) is 58.6 Å². The molecule has 1 fully saturated rings. The molecule has 1 saturated carbocycles. The predicted octanol–water partition coefficient (Wildman–Crippen LogP) is -2.58. The van der Waals surface area contributed by atoms with Gasteiger partial charge in [0, 0.05) is 11.8 Å². The van der Waals surface area contributed by atoms with Crippen molar-refractivity contribution in [1.82, 2.24) is 0 Å². The number of aliphatic hydroxyl groups excluding tert-OH is 5. The monoisotopic (exact) mass is 588 g/mol. The van der Waals surface area contributed by atoms with Gasteiger partial charge in [0.25, 0.3) is 0 Å². The van der Waals surface area contributed by atoms with Crippen molar-refractivity contribution < 1.29 is 65.0 Å². The molecule has 0 aromatic rings. The number of rotatable bonds is 5. The van der Waals surface area contributed by atoms with E-state index in [0.29, 0.717) is 0 Å². The van der Waals surface area contributed by atoms with Gasteiger partial charge < -0.3 is 35.4 Å². The predicted molar refractivity (Wildman–Crippen MR) is 112 cm³/mol. The number of aliphatic hydroxyl groups is 5. The molecule has 5 N–H and O–H groups in total. The zero-order valence-corrected chi connectivity index (χ0v) is 22.9. The minimum absolute atomic E-state index is 0. The molecule has 2 bridgehead atoms. The Hall–Kier alpha value is 1.78. The molecule has 15 heteroatoms. The second kappa shape index (κ2) is 10.8. The first-order chi connectivity index (χ1) is 13.6. The standard InChI is InChI=1S/C10H5Cl7.C6H12O7.Na/c11-4-2-1-3-5(4)9(15)7(13)6(12)8(3,14)10(9,16)17;7-1-2(8)3(9)4(10)5(11)6(12)13;/h1-5H;2-5,7-11H,1H2,(H,12,13);/q;;+1/p-1/t;2-,3-,4+,5-;/m.1./s1. The molecule has 7 nitrogen and oxygen atoms in total. The second-order valence-corrected chi connectivity index (χ2v) is 10.8. The van der Waals surface area contributed by atoms with Gasteiger partial charge in [-0.3, -0.25) is 0 Å². The minimum atomic E-state index is -2.31. The Labute approximate surface area is 234 Å². The Morgan fingerprint density at radius 1 is 1.00 bits per heavy atom. The number of halogens is 7. The summed E-state index contributed by atoms with van der Waals surface area (Å²) in [6, 6.07) is 0. The fourth-order valence-electron chi connectivity index (χ4n) is 3.74. The van der Waals surface area contributed by atoms with Crippen LogP contribution in [-0.2, 0) is 4.79 Å². The van der Waals surface area contributed by atoms with Gasteiger partial charge in [-0.25, -0.2) is 0 Å². The van der Waals surface area contributed by atoms with Crippen molar-refractivity contribution >= 4 is 87.2 Å². The van der Waals surface area contributed by atoms with Crippen LogP contribution in [0.1, 0.15) is 0 Å². The molecule has 0 aromatic heterocycles. The van der Waals surface area contributed by atoms with Crippen molar-refractivity contribution in [2.75, 3.05) is 6.61 Å². The van der Waals surface area contributed by atoms with Crippen LogP contribution < -0.4 is 34.7 Å². The number of carboxylic acids is 1. The molecule has 172 valence electrons. The van der Waals surface area contributed by atoms with Gasteiger partial charge in [-0.2, -0.15) is 0 Å². The molecular formula is C16H16Cl7NaO7. The van der Waals surface area contributed by atoms with Crippen LogP contribution in [0.3, 0.4) is 0 Å². The third kappa shape index (κ3) is 4.54. The SMILES string of the molecule is ClC1=C(Cl)C2(Cl)C3C(Cl)C=CC3C1(Cl)C2(Cl)Cl.O=C([O-])[C@H](O)[C@@H](O)[C@H](O)[C@H](O)CO.[Na+]. The summed E-state index contributed by atoms with van der Waals surface area (Å²) in [7, 11) is 0. The summed E-state index contributed by atoms with van der Waals surface area (Å²) < 4.78 is -1.48. The molecule has 0 radical (unpaired) electrons. The van der Waals surface area contributed by atoms with Crippen LogP contribution in [0.4, 0.5) is 0 Å². The van der Waals surface area contributed by atoms with Gasteiger partial charge in [-0.05, 0) is 0 Å². The van der Waals surface area contributed by atoms with Crippen molar-refractivity contribution in [3.05, 3.63) is 22.2 Å². The molecule has 3 aliphatic carbocycles.